The Balaban J connectivity index is 2.18. The van der Waals surface area contributed by atoms with Gasteiger partial charge in [0.25, 0.3) is 5.56 Å². The third kappa shape index (κ3) is 2.16. The van der Waals surface area contributed by atoms with E-state index in [1.54, 1.807) is 42.5 Å². The zero-order valence-electron chi connectivity index (χ0n) is 10.3. The van der Waals surface area contributed by atoms with E-state index in [1.165, 1.54) is 0 Å². The number of para-hydroxylation sites is 1. The number of aromatic nitrogens is 2. The molecular formula is C15H9BrN2O2. The molecule has 1 heterocycles. The second-order valence-corrected chi connectivity index (χ2v) is 5.09. The molecule has 0 saturated heterocycles. The second-order valence-electron chi connectivity index (χ2n) is 4.24. The average Bonchev–Trinajstić information content (AvgIpc) is 2.47. The summed E-state index contributed by atoms with van der Waals surface area (Å²) in [6, 6.07) is 14.0. The topological polar surface area (TPSA) is 62.8 Å². The molecule has 0 bridgehead atoms. The molecule has 1 aromatic heterocycles. The number of ketones is 1. The molecule has 0 aliphatic rings. The summed E-state index contributed by atoms with van der Waals surface area (Å²) in [5.41, 5.74) is 0.656. The van der Waals surface area contributed by atoms with Crippen LogP contribution in [0.3, 0.4) is 0 Å². The Labute approximate surface area is 122 Å². The zero-order valence-corrected chi connectivity index (χ0v) is 11.8. The summed E-state index contributed by atoms with van der Waals surface area (Å²) in [6.45, 7) is 0. The van der Waals surface area contributed by atoms with E-state index in [-0.39, 0.29) is 17.2 Å². The largest absolute Gasteiger partial charge is 0.303 e. The van der Waals surface area contributed by atoms with Crippen molar-refractivity contribution < 1.29 is 4.79 Å². The smallest absolute Gasteiger partial charge is 0.259 e. The van der Waals surface area contributed by atoms with Gasteiger partial charge in [-0.25, -0.2) is 4.98 Å². The van der Waals surface area contributed by atoms with E-state index in [1.807, 2.05) is 6.07 Å². The highest BCUT2D eigenvalue weighted by Crippen LogP contribution is 2.18. The lowest BCUT2D eigenvalue weighted by Crippen LogP contribution is -2.16. The molecule has 0 saturated carbocycles. The summed E-state index contributed by atoms with van der Waals surface area (Å²) >= 11 is 3.32. The van der Waals surface area contributed by atoms with Crippen molar-refractivity contribution in [3.63, 3.8) is 0 Å². The molecule has 0 atom stereocenters. The fraction of sp³-hybridized carbons (Fsp3) is 0. The minimum atomic E-state index is -0.319. The van der Waals surface area contributed by atoms with Crippen molar-refractivity contribution in [2.75, 3.05) is 0 Å². The van der Waals surface area contributed by atoms with Crippen molar-refractivity contribution in [2.24, 2.45) is 0 Å². The van der Waals surface area contributed by atoms with Crippen LogP contribution in [0.5, 0.6) is 0 Å². The zero-order chi connectivity index (χ0) is 14.1. The van der Waals surface area contributed by atoms with Crippen molar-refractivity contribution >= 4 is 32.6 Å². The van der Waals surface area contributed by atoms with E-state index in [0.717, 1.165) is 0 Å². The Morgan fingerprint density at radius 3 is 2.55 bits per heavy atom. The van der Waals surface area contributed by atoms with Crippen molar-refractivity contribution in [3.05, 3.63) is 74.7 Å². The summed E-state index contributed by atoms with van der Waals surface area (Å²) in [6.07, 6.45) is 0. The van der Waals surface area contributed by atoms with Crippen LogP contribution in [-0.2, 0) is 0 Å². The Kier molecular flexibility index (Phi) is 3.20. The van der Waals surface area contributed by atoms with Crippen LogP contribution in [0.2, 0.25) is 0 Å². The Hall–Kier alpha value is -2.27. The number of nitrogens with one attached hydrogen (secondary N) is 1. The number of fused-ring (bicyclic) bond motifs is 1. The van der Waals surface area contributed by atoms with Gasteiger partial charge in [0.1, 0.15) is 0 Å². The van der Waals surface area contributed by atoms with E-state index in [2.05, 4.69) is 25.9 Å². The van der Waals surface area contributed by atoms with Gasteiger partial charge < -0.3 is 4.98 Å². The quantitative estimate of drug-likeness (QED) is 0.736. The second kappa shape index (κ2) is 5.02. The van der Waals surface area contributed by atoms with E-state index in [0.29, 0.717) is 20.9 Å². The highest BCUT2D eigenvalue weighted by molar-refractivity contribution is 9.10. The van der Waals surface area contributed by atoms with Crippen LogP contribution in [0.4, 0.5) is 0 Å². The molecule has 0 unspecified atom stereocenters. The van der Waals surface area contributed by atoms with Crippen LogP contribution >= 0.6 is 15.9 Å². The molecule has 0 radical (unpaired) electrons. The minimum Gasteiger partial charge on any atom is -0.303 e. The number of halogens is 1. The van der Waals surface area contributed by atoms with Crippen molar-refractivity contribution in [1.82, 2.24) is 9.97 Å². The fourth-order valence-electron chi connectivity index (χ4n) is 1.97. The van der Waals surface area contributed by atoms with Gasteiger partial charge in [-0.3, -0.25) is 9.59 Å². The molecule has 20 heavy (non-hydrogen) atoms. The van der Waals surface area contributed by atoms with Crippen LogP contribution < -0.4 is 5.56 Å². The van der Waals surface area contributed by atoms with Crippen LogP contribution in [0.25, 0.3) is 10.9 Å². The summed E-state index contributed by atoms with van der Waals surface area (Å²) in [7, 11) is 0. The normalized spacial score (nSPS) is 10.7. The lowest BCUT2D eigenvalue weighted by Gasteiger charge is -2.04. The highest BCUT2D eigenvalue weighted by Gasteiger charge is 2.15. The first kappa shape index (κ1) is 12.7. The summed E-state index contributed by atoms with van der Waals surface area (Å²) in [5, 5.41) is 0.469. The number of nitrogens with zero attached hydrogens (tertiary/aromatic N) is 1. The number of carbonyl (C=O) groups excluding carboxylic acids is 1. The predicted molar refractivity (Wildman–Crippen MR) is 79.9 cm³/mol. The molecular weight excluding hydrogens is 320 g/mol. The number of aromatic amines is 1. The van der Waals surface area contributed by atoms with Crippen LogP contribution in [-0.4, -0.2) is 15.8 Å². The van der Waals surface area contributed by atoms with Crippen molar-refractivity contribution in [1.29, 1.82) is 0 Å². The van der Waals surface area contributed by atoms with Gasteiger partial charge in [-0.15, -0.1) is 0 Å². The Bertz CT molecular complexity index is 871. The molecule has 0 spiro atoms. The van der Waals surface area contributed by atoms with Gasteiger partial charge in [-0.05, 0) is 24.3 Å². The van der Waals surface area contributed by atoms with Crippen molar-refractivity contribution in [3.8, 4) is 0 Å². The van der Waals surface area contributed by atoms with Crippen LogP contribution in [0.1, 0.15) is 16.2 Å². The standard InChI is InChI=1S/C15H9BrN2O2/c16-11-7-3-1-5-9(11)13(19)14-17-12-8-4-2-6-10(12)15(20)18-14/h1-8H,(H,17,18,20). The molecule has 0 fully saturated rings. The van der Waals surface area contributed by atoms with Gasteiger partial charge >= 0.3 is 0 Å². The molecule has 98 valence electrons. The van der Waals surface area contributed by atoms with Gasteiger partial charge in [0, 0.05) is 10.0 Å². The summed E-state index contributed by atoms with van der Waals surface area (Å²) < 4.78 is 0.667. The SMILES string of the molecule is O=C(c1nc2ccccc2c(=O)[nH]1)c1ccccc1Br. The number of hydrogen-bond donors (Lipinski definition) is 1. The summed E-state index contributed by atoms with van der Waals surface area (Å²) in [5.74, 6) is -0.277. The number of H-pyrrole nitrogens is 1. The van der Waals surface area contributed by atoms with Gasteiger partial charge in [-0.1, -0.05) is 40.2 Å². The van der Waals surface area contributed by atoms with Crippen molar-refractivity contribution in [2.45, 2.75) is 0 Å². The van der Waals surface area contributed by atoms with E-state index in [9.17, 15) is 9.59 Å². The third-order valence-corrected chi connectivity index (χ3v) is 3.64. The molecule has 4 nitrogen and oxygen atoms in total. The van der Waals surface area contributed by atoms with E-state index < -0.39 is 0 Å². The lowest BCUT2D eigenvalue weighted by molar-refractivity contribution is 0.102. The molecule has 0 aliphatic carbocycles. The minimum absolute atomic E-state index is 0.0422. The maximum Gasteiger partial charge on any atom is 0.259 e. The molecule has 1 N–H and O–H groups in total. The number of hydrogen-bond acceptors (Lipinski definition) is 3. The molecule has 5 heteroatoms. The van der Waals surface area contributed by atoms with E-state index in [4.69, 9.17) is 0 Å². The first-order valence-electron chi connectivity index (χ1n) is 5.95. The maximum absolute atomic E-state index is 12.4. The fourth-order valence-corrected chi connectivity index (χ4v) is 2.43. The first-order chi connectivity index (χ1) is 9.66. The Morgan fingerprint density at radius 1 is 1.05 bits per heavy atom. The number of benzene rings is 2. The molecule has 3 rings (SSSR count). The number of carbonyl (C=O) groups is 1. The van der Waals surface area contributed by atoms with E-state index >= 15 is 0 Å². The molecule has 0 aliphatic heterocycles. The van der Waals surface area contributed by atoms with Gasteiger partial charge in [0.2, 0.25) is 5.78 Å². The van der Waals surface area contributed by atoms with Crippen LogP contribution in [0.15, 0.2) is 57.8 Å². The lowest BCUT2D eigenvalue weighted by atomic mass is 10.1. The van der Waals surface area contributed by atoms with Gasteiger partial charge in [0.05, 0.1) is 10.9 Å². The molecule has 0 amide bonds. The highest BCUT2D eigenvalue weighted by atomic mass is 79.9. The van der Waals surface area contributed by atoms with Crippen LogP contribution in [0, 0.1) is 0 Å². The van der Waals surface area contributed by atoms with Gasteiger partial charge in [-0.2, -0.15) is 0 Å². The molecule has 2 aromatic carbocycles. The summed E-state index contributed by atoms with van der Waals surface area (Å²) in [4.78, 5) is 31.1. The average molecular weight is 329 g/mol. The molecule has 3 aromatic rings. The Morgan fingerprint density at radius 2 is 1.75 bits per heavy atom. The maximum atomic E-state index is 12.4. The first-order valence-corrected chi connectivity index (χ1v) is 6.74. The monoisotopic (exact) mass is 328 g/mol. The predicted octanol–water partition coefficient (Wildman–Crippen LogP) is 2.92. The van der Waals surface area contributed by atoms with Gasteiger partial charge in [0.15, 0.2) is 5.82 Å². The number of rotatable bonds is 2. The third-order valence-electron chi connectivity index (χ3n) is 2.95.